The van der Waals surface area contributed by atoms with Gasteiger partial charge in [0.25, 0.3) is 0 Å². The number of anilines is 1. The summed E-state index contributed by atoms with van der Waals surface area (Å²) >= 11 is 5.99. The normalized spacial score (nSPS) is 23.1. The van der Waals surface area contributed by atoms with Crippen LogP contribution in [-0.4, -0.2) is 56.1 Å². The Kier molecular flexibility index (Phi) is 4.73. The lowest BCUT2D eigenvalue weighted by Crippen LogP contribution is -2.36. The number of pyridine rings is 1. The second kappa shape index (κ2) is 7.75. The van der Waals surface area contributed by atoms with Crippen molar-refractivity contribution in [2.75, 3.05) is 18.1 Å². The second-order valence-corrected chi connectivity index (χ2v) is 8.35. The van der Waals surface area contributed by atoms with Gasteiger partial charge in [-0.1, -0.05) is 17.7 Å². The molecule has 8 nitrogen and oxygen atoms in total. The molecule has 3 aliphatic rings. The predicted octanol–water partition coefficient (Wildman–Crippen LogP) is 3.90. The van der Waals surface area contributed by atoms with E-state index in [2.05, 4.69) is 19.5 Å². The number of allylic oxidation sites excluding steroid dienone is 2. The van der Waals surface area contributed by atoms with E-state index < -0.39 is 0 Å². The summed E-state index contributed by atoms with van der Waals surface area (Å²) in [5, 5.41) is 0.425. The van der Waals surface area contributed by atoms with E-state index in [-0.39, 0.29) is 24.0 Å². The van der Waals surface area contributed by atoms with Gasteiger partial charge in [0.15, 0.2) is 5.65 Å². The summed E-state index contributed by atoms with van der Waals surface area (Å²) in [6, 6.07) is 3.40. The highest BCUT2D eigenvalue weighted by Gasteiger charge is 2.33. The molecule has 0 N–H and O–H groups in total. The van der Waals surface area contributed by atoms with Gasteiger partial charge in [-0.05, 0) is 37.1 Å². The fourth-order valence-corrected chi connectivity index (χ4v) is 4.53. The summed E-state index contributed by atoms with van der Waals surface area (Å²) in [5.74, 6) is 0.941. The van der Waals surface area contributed by atoms with Crippen molar-refractivity contribution < 1.29 is 9.13 Å². The van der Waals surface area contributed by atoms with Crippen LogP contribution in [0.5, 0.6) is 0 Å². The van der Waals surface area contributed by atoms with Gasteiger partial charge in [0.2, 0.25) is 5.95 Å². The maximum Gasteiger partial charge on any atom is 0.233 e. The third-order valence-electron chi connectivity index (χ3n) is 6.01. The highest BCUT2D eigenvalue weighted by atomic mass is 35.5. The summed E-state index contributed by atoms with van der Waals surface area (Å²) in [5.41, 5.74) is 2.26. The summed E-state index contributed by atoms with van der Waals surface area (Å²) in [4.78, 5) is 24.7. The minimum absolute atomic E-state index is 0.148. The van der Waals surface area contributed by atoms with Crippen LogP contribution in [0.2, 0.25) is 5.15 Å². The van der Waals surface area contributed by atoms with Gasteiger partial charge >= 0.3 is 0 Å². The maximum atomic E-state index is 13.9. The molecule has 10 heteroatoms. The van der Waals surface area contributed by atoms with E-state index in [1.54, 1.807) is 41.9 Å². The number of ether oxygens (including phenoxy) is 1. The molecule has 0 radical (unpaired) electrons. The molecule has 2 atom stereocenters. The average Bonchev–Trinajstić information content (AvgIpc) is 3.41. The third kappa shape index (κ3) is 3.28. The number of aliphatic imine (C=N–C) groups is 1. The molecule has 32 heavy (non-hydrogen) atoms. The van der Waals surface area contributed by atoms with Crippen molar-refractivity contribution in [2.24, 2.45) is 4.99 Å². The number of hydrogen-bond donors (Lipinski definition) is 0. The van der Waals surface area contributed by atoms with Crippen LogP contribution < -0.4 is 4.90 Å². The first kappa shape index (κ1) is 19.5. The highest BCUT2D eigenvalue weighted by molar-refractivity contribution is 6.29. The zero-order chi connectivity index (χ0) is 21.7. The van der Waals surface area contributed by atoms with Crippen LogP contribution in [0.15, 0.2) is 53.6 Å². The van der Waals surface area contributed by atoms with Crippen molar-refractivity contribution >= 4 is 35.1 Å². The lowest BCUT2D eigenvalue weighted by molar-refractivity contribution is 0.0708. The van der Waals surface area contributed by atoms with Gasteiger partial charge < -0.3 is 9.30 Å². The molecule has 162 valence electrons. The number of imidazole rings is 1. The third-order valence-corrected chi connectivity index (χ3v) is 6.23. The van der Waals surface area contributed by atoms with E-state index >= 15 is 0 Å². The molecule has 0 spiro atoms. The van der Waals surface area contributed by atoms with Crippen molar-refractivity contribution in [3.63, 3.8) is 0 Å². The fourth-order valence-electron chi connectivity index (χ4n) is 4.42. The molecule has 3 aromatic heterocycles. The summed E-state index contributed by atoms with van der Waals surface area (Å²) in [6.45, 7) is 1.36. The minimum Gasteiger partial charge on any atom is -0.381 e. The minimum atomic E-state index is -0.285. The Labute approximate surface area is 188 Å². The van der Waals surface area contributed by atoms with Gasteiger partial charge in [0, 0.05) is 31.0 Å². The van der Waals surface area contributed by atoms with Crippen LogP contribution in [0.1, 0.15) is 18.9 Å². The van der Waals surface area contributed by atoms with Crippen molar-refractivity contribution in [1.82, 2.24) is 24.5 Å². The molecule has 5 heterocycles. The molecule has 1 aliphatic carbocycles. The number of halogens is 2. The number of nitrogens with zero attached hydrogens (tertiary/aromatic N) is 7. The van der Waals surface area contributed by atoms with Crippen LogP contribution >= 0.6 is 11.6 Å². The van der Waals surface area contributed by atoms with E-state index in [0.29, 0.717) is 29.8 Å². The monoisotopic (exact) mass is 451 g/mol. The van der Waals surface area contributed by atoms with E-state index in [1.165, 1.54) is 6.08 Å². The van der Waals surface area contributed by atoms with Crippen LogP contribution in [0, 0.1) is 0 Å². The van der Waals surface area contributed by atoms with E-state index in [4.69, 9.17) is 26.3 Å². The summed E-state index contributed by atoms with van der Waals surface area (Å²) in [7, 11) is 0. The Morgan fingerprint density at radius 3 is 2.78 bits per heavy atom. The summed E-state index contributed by atoms with van der Waals surface area (Å²) in [6.07, 6.45) is 11.6. The van der Waals surface area contributed by atoms with Gasteiger partial charge in [-0.25, -0.2) is 19.3 Å². The number of aromatic nitrogens is 5. The number of fused-ring (bicyclic) bond motifs is 2. The van der Waals surface area contributed by atoms with Crippen LogP contribution in [0.4, 0.5) is 10.3 Å². The van der Waals surface area contributed by atoms with Crippen LogP contribution in [0.3, 0.4) is 0 Å². The smallest absolute Gasteiger partial charge is 0.233 e. The van der Waals surface area contributed by atoms with E-state index in [9.17, 15) is 4.39 Å². The molecule has 3 aromatic rings. The molecule has 1 fully saturated rings. The fraction of sp³-hybridized carbons (Fsp3) is 0.318. The van der Waals surface area contributed by atoms with E-state index in [0.717, 1.165) is 29.9 Å². The molecular formula is C22H19ClFN7O. The first-order valence-corrected chi connectivity index (χ1v) is 10.9. The second-order valence-electron chi connectivity index (χ2n) is 7.96. The molecule has 0 aromatic carbocycles. The first-order chi connectivity index (χ1) is 15.7. The van der Waals surface area contributed by atoms with Gasteiger partial charge in [-0.2, -0.15) is 4.98 Å². The quantitative estimate of drug-likeness (QED) is 0.562. The standard InChI is InChI=1S/C22H19ClFN7O/c23-19-4-1-13(10-25-19)20-28-17-11-26-22(29-21(17)31(20)15-5-7-32-8-6-15)30-12-27-16-3-2-14(24)9-18(16)30/h1-4,9-12,15-16,18H,5-8H2. The van der Waals surface area contributed by atoms with Crippen molar-refractivity contribution in [1.29, 1.82) is 0 Å². The Hall–Kier alpha value is -3.17. The van der Waals surface area contributed by atoms with Crippen LogP contribution in [0.25, 0.3) is 22.6 Å². The molecule has 0 bridgehead atoms. The Morgan fingerprint density at radius 2 is 1.97 bits per heavy atom. The molecule has 0 saturated carbocycles. The van der Waals surface area contributed by atoms with Crippen molar-refractivity contribution in [3.8, 4) is 11.4 Å². The van der Waals surface area contributed by atoms with Gasteiger partial charge in [-0.15, -0.1) is 0 Å². The Bertz CT molecular complexity index is 1260. The Balaban J connectivity index is 1.48. The van der Waals surface area contributed by atoms with Gasteiger partial charge in [-0.3, -0.25) is 9.89 Å². The van der Waals surface area contributed by atoms with Gasteiger partial charge in [0.1, 0.15) is 22.3 Å². The molecule has 0 amide bonds. The zero-order valence-electron chi connectivity index (χ0n) is 17.0. The highest BCUT2D eigenvalue weighted by Crippen LogP contribution is 2.33. The average molecular weight is 452 g/mol. The number of rotatable bonds is 3. The van der Waals surface area contributed by atoms with Crippen molar-refractivity contribution in [3.05, 3.63) is 53.7 Å². The van der Waals surface area contributed by atoms with Crippen molar-refractivity contribution in [2.45, 2.75) is 31.0 Å². The molecule has 2 aliphatic heterocycles. The van der Waals surface area contributed by atoms with E-state index in [1.807, 2.05) is 6.07 Å². The first-order valence-electron chi connectivity index (χ1n) is 10.5. The molecular weight excluding hydrogens is 433 g/mol. The number of hydrogen-bond acceptors (Lipinski definition) is 7. The molecule has 2 unspecified atom stereocenters. The topological polar surface area (TPSA) is 81.3 Å². The SMILES string of the molecule is FC1=CC2C(C=C1)N=CN2c1ncc2nc(-c3ccc(Cl)nc3)n(C3CCOCC3)c2n1. The van der Waals surface area contributed by atoms with Gasteiger partial charge in [0.05, 0.1) is 24.6 Å². The zero-order valence-corrected chi connectivity index (χ0v) is 17.7. The lowest BCUT2D eigenvalue weighted by Gasteiger charge is -2.26. The summed E-state index contributed by atoms with van der Waals surface area (Å²) < 4.78 is 21.6. The molecule has 1 saturated heterocycles. The molecule has 6 rings (SSSR count). The maximum absolute atomic E-state index is 13.9. The largest absolute Gasteiger partial charge is 0.381 e. The Morgan fingerprint density at radius 1 is 1.09 bits per heavy atom. The predicted molar refractivity (Wildman–Crippen MR) is 120 cm³/mol. The van der Waals surface area contributed by atoms with Crippen LogP contribution in [-0.2, 0) is 4.74 Å². The lowest BCUT2D eigenvalue weighted by atomic mass is 10.0.